The lowest BCUT2D eigenvalue weighted by atomic mass is 10.0. The average Bonchev–Trinajstić information content (AvgIpc) is 2.97. The number of nitrogens with zero attached hydrogens (tertiary/aromatic N) is 4. The summed E-state index contributed by atoms with van der Waals surface area (Å²) in [7, 11) is 0. The molecule has 1 atom stereocenters. The standard InChI is InChI=1S/C14H16N4/c1-2-4-13-11(3-1)5-6-14(13)17-9-12(10-17)18-8-7-15-16-18/h1-4,7-8,12,14H,5-6,9-10H2. The van der Waals surface area contributed by atoms with Crippen LogP contribution in [0.1, 0.15) is 29.6 Å². The molecule has 4 heteroatoms. The smallest absolute Gasteiger partial charge is 0.0790 e. The number of likely N-dealkylation sites (tertiary alicyclic amines) is 1. The van der Waals surface area contributed by atoms with E-state index in [1.807, 2.05) is 10.9 Å². The Labute approximate surface area is 106 Å². The summed E-state index contributed by atoms with van der Waals surface area (Å²) in [6.45, 7) is 2.20. The molecule has 1 aromatic carbocycles. The third-order valence-corrected chi connectivity index (χ3v) is 4.25. The first-order valence-corrected chi connectivity index (χ1v) is 6.59. The van der Waals surface area contributed by atoms with Crippen molar-refractivity contribution in [3.8, 4) is 0 Å². The zero-order valence-electron chi connectivity index (χ0n) is 10.2. The van der Waals surface area contributed by atoms with E-state index in [1.54, 1.807) is 6.20 Å². The van der Waals surface area contributed by atoms with Gasteiger partial charge in [-0.25, -0.2) is 4.68 Å². The van der Waals surface area contributed by atoms with Crippen molar-refractivity contribution in [2.45, 2.75) is 24.9 Å². The predicted octanol–water partition coefficient (Wildman–Crippen LogP) is 1.82. The van der Waals surface area contributed by atoms with E-state index in [9.17, 15) is 0 Å². The second-order valence-corrected chi connectivity index (χ2v) is 5.24. The summed E-state index contributed by atoms with van der Waals surface area (Å²) < 4.78 is 1.98. The zero-order chi connectivity index (χ0) is 11.9. The number of hydrogen-bond acceptors (Lipinski definition) is 3. The minimum absolute atomic E-state index is 0.514. The summed E-state index contributed by atoms with van der Waals surface area (Å²) >= 11 is 0. The fourth-order valence-corrected chi connectivity index (χ4v) is 3.24. The summed E-state index contributed by atoms with van der Waals surface area (Å²) in [5, 5.41) is 7.96. The lowest BCUT2D eigenvalue weighted by Gasteiger charge is -2.43. The highest BCUT2D eigenvalue weighted by Gasteiger charge is 2.37. The highest BCUT2D eigenvalue weighted by molar-refractivity contribution is 5.34. The van der Waals surface area contributed by atoms with Gasteiger partial charge in [0.15, 0.2) is 0 Å². The van der Waals surface area contributed by atoms with Gasteiger partial charge in [0.25, 0.3) is 0 Å². The molecule has 2 aliphatic rings. The van der Waals surface area contributed by atoms with Gasteiger partial charge in [-0.2, -0.15) is 0 Å². The molecule has 1 aliphatic carbocycles. The molecule has 4 nitrogen and oxygen atoms in total. The van der Waals surface area contributed by atoms with Crippen molar-refractivity contribution >= 4 is 0 Å². The fourth-order valence-electron chi connectivity index (χ4n) is 3.24. The molecular formula is C14H16N4. The van der Waals surface area contributed by atoms with Gasteiger partial charge in [0.2, 0.25) is 0 Å². The third-order valence-electron chi connectivity index (χ3n) is 4.25. The van der Waals surface area contributed by atoms with E-state index in [-0.39, 0.29) is 0 Å². The monoisotopic (exact) mass is 240 g/mol. The largest absolute Gasteiger partial charge is 0.292 e. The number of aromatic nitrogens is 3. The van der Waals surface area contributed by atoms with Gasteiger partial charge >= 0.3 is 0 Å². The number of rotatable bonds is 2. The molecule has 0 radical (unpaired) electrons. The maximum atomic E-state index is 4.08. The van der Waals surface area contributed by atoms with Crippen LogP contribution < -0.4 is 0 Å². The maximum absolute atomic E-state index is 4.08. The van der Waals surface area contributed by atoms with Crippen LogP contribution in [-0.2, 0) is 6.42 Å². The first-order chi connectivity index (χ1) is 8.92. The van der Waals surface area contributed by atoms with Crippen LogP contribution in [0.25, 0.3) is 0 Å². The normalized spacial score (nSPS) is 23.9. The van der Waals surface area contributed by atoms with Gasteiger partial charge in [-0.15, -0.1) is 5.10 Å². The van der Waals surface area contributed by atoms with E-state index in [0.29, 0.717) is 12.1 Å². The second-order valence-electron chi connectivity index (χ2n) is 5.24. The molecule has 0 saturated carbocycles. The zero-order valence-corrected chi connectivity index (χ0v) is 10.2. The molecule has 1 saturated heterocycles. The number of benzene rings is 1. The van der Waals surface area contributed by atoms with Crippen molar-refractivity contribution in [1.82, 2.24) is 19.9 Å². The highest BCUT2D eigenvalue weighted by atomic mass is 15.5. The van der Waals surface area contributed by atoms with E-state index in [1.165, 1.54) is 24.0 Å². The first-order valence-electron chi connectivity index (χ1n) is 6.59. The lowest BCUT2D eigenvalue weighted by Crippen LogP contribution is -2.49. The molecule has 1 aromatic heterocycles. The molecule has 4 rings (SSSR count). The van der Waals surface area contributed by atoms with Crippen molar-refractivity contribution < 1.29 is 0 Å². The Hall–Kier alpha value is -1.68. The maximum Gasteiger partial charge on any atom is 0.0790 e. The first kappa shape index (κ1) is 10.3. The van der Waals surface area contributed by atoms with Crippen LogP contribution in [0, 0.1) is 0 Å². The molecule has 0 bridgehead atoms. The van der Waals surface area contributed by atoms with Gasteiger partial charge in [0.1, 0.15) is 0 Å². The Balaban J connectivity index is 1.49. The highest BCUT2D eigenvalue weighted by Crippen LogP contribution is 2.39. The predicted molar refractivity (Wildman–Crippen MR) is 68.1 cm³/mol. The van der Waals surface area contributed by atoms with Crippen LogP contribution >= 0.6 is 0 Å². The molecule has 0 N–H and O–H groups in total. The quantitative estimate of drug-likeness (QED) is 0.803. The van der Waals surface area contributed by atoms with E-state index >= 15 is 0 Å². The Kier molecular flexibility index (Phi) is 2.23. The third kappa shape index (κ3) is 1.49. The van der Waals surface area contributed by atoms with E-state index in [4.69, 9.17) is 0 Å². The fraction of sp³-hybridized carbons (Fsp3) is 0.429. The summed E-state index contributed by atoms with van der Waals surface area (Å²) in [4.78, 5) is 2.57. The van der Waals surface area contributed by atoms with Crippen LogP contribution in [0.3, 0.4) is 0 Å². The van der Waals surface area contributed by atoms with Crippen molar-refractivity contribution in [3.05, 3.63) is 47.8 Å². The molecule has 92 valence electrons. The molecule has 1 aliphatic heterocycles. The molecule has 0 spiro atoms. The molecular weight excluding hydrogens is 224 g/mol. The van der Waals surface area contributed by atoms with Gasteiger partial charge in [0.05, 0.1) is 12.2 Å². The lowest BCUT2D eigenvalue weighted by molar-refractivity contribution is 0.0516. The molecule has 0 amide bonds. The van der Waals surface area contributed by atoms with Gasteiger partial charge in [-0.3, -0.25) is 4.90 Å². The number of hydrogen-bond donors (Lipinski definition) is 0. The minimum Gasteiger partial charge on any atom is -0.292 e. The average molecular weight is 240 g/mol. The number of fused-ring (bicyclic) bond motifs is 1. The van der Waals surface area contributed by atoms with E-state index in [2.05, 4.69) is 39.5 Å². The van der Waals surface area contributed by atoms with Crippen LogP contribution in [-0.4, -0.2) is 33.0 Å². The summed E-state index contributed by atoms with van der Waals surface area (Å²) in [6, 6.07) is 10.0. The van der Waals surface area contributed by atoms with Crippen molar-refractivity contribution in [2.24, 2.45) is 0 Å². The van der Waals surface area contributed by atoms with Gasteiger partial charge in [-0.1, -0.05) is 29.5 Å². The van der Waals surface area contributed by atoms with Crippen LogP contribution in [0.2, 0.25) is 0 Å². The Morgan fingerprint density at radius 3 is 2.89 bits per heavy atom. The Bertz CT molecular complexity index is 543. The second kappa shape index (κ2) is 3.92. The van der Waals surface area contributed by atoms with E-state index in [0.717, 1.165) is 13.1 Å². The summed E-state index contributed by atoms with van der Waals surface area (Å²) in [5.41, 5.74) is 3.07. The van der Waals surface area contributed by atoms with Crippen LogP contribution in [0.15, 0.2) is 36.7 Å². The van der Waals surface area contributed by atoms with Gasteiger partial charge < -0.3 is 0 Å². The minimum atomic E-state index is 0.514. The molecule has 1 fully saturated rings. The topological polar surface area (TPSA) is 34.0 Å². The van der Waals surface area contributed by atoms with Crippen molar-refractivity contribution in [2.75, 3.05) is 13.1 Å². The van der Waals surface area contributed by atoms with Crippen LogP contribution in [0.4, 0.5) is 0 Å². The molecule has 18 heavy (non-hydrogen) atoms. The van der Waals surface area contributed by atoms with Gasteiger partial charge in [0, 0.05) is 25.3 Å². The summed E-state index contributed by atoms with van der Waals surface area (Å²) in [6.07, 6.45) is 6.22. The summed E-state index contributed by atoms with van der Waals surface area (Å²) in [5.74, 6) is 0. The van der Waals surface area contributed by atoms with Gasteiger partial charge in [-0.05, 0) is 24.0 Å². The molecule has 2 aromatic rings. The van der Waals surface area contributed by atoms with E-state index < -0.39 is 0 Å². The SMILES string of the molecule is c1ccc2c(c1)CCC2N1CC(n2ccnn2)C1. The Morgan fingerprint density at radius 1 is 1.17 bits per heavy atom. The molecule has 2 heterocycles. The van der Waals surface area contributed by atoms with Crippen molar-refractivity contribution in [3.63, 3.8) is 0 Å². The van der Waals surface area contributed by atoms with Crippen molar-refractivity contribution in [1.29, 1.82) is 0 Å². The van der Waals surface area contributed by atoms with Crippen LogP contribution in [0.5, 0.6) is 0 Å². The Morgan fingerprint density at radius 2 is 2.06 bits per heavy atom. The number of aryl methyl sites for hydroxylation is 1. The molecule has 1 unspecified atom stereocenters.